The Morgan fingerprint density at radius 2 is 2.20 bits per heavy atom. The van der Waals surface area contributed by atoms with Gasteiger partial charge in [-0.15, -0.1) is 0 Å². The van der Waals surface area contributed by atoms with Crippen LogP contribution in [0, 0.1) is 0 Å². The topological polar surface area (TPSA) is 46.5 Å². The van der Waals surface area contributed by atoms with Crippen molar-refractivity contribution in [3.8, 4) is 0 Å². The lowest BCUT2D eigenvalue weighted by Gasteiger charge is -1.93. The highest BCUT2D eigenvalue weighted by Crippen LogP contribution is 1.87. The van der Waals surface area contributed by atoms with Crippen LogP contribution < -0.4 is 0 Å². The molecule has 0 aliphatic heterocycles. The number of hydrogen-bond acceptors (Lipinski definition) is 4. The molecule has 0 saturated heterocycles. The third-order valence-corrected chi connectivity index (χ3v) is 2.83. The monoisotopic (exact) mass is 179 g/mol. The van der Waals surface area contributed by atoms with Crippen molar-refractivity contribution in [3.63, 3.8) is 0 Å². The van der Waals surface area contributed by atoms with Gasteiger partial charge in [-0.2, -0.15) is 0 Å². The van der Waals surface area contributed by atoms with E-state index in [1.165, 1.54) is 0 Å². The second-order valence-electron chi connectivity index (χ2n) is 1.71. The van der Waals surface area contributed by atoms with E-state index in [4.69, 9.17) is 0 Å². The molecule has 0 fully saturated rings. The molecule has 0 aromatic rings. The Balaban J connectivity index is 3.80. The lowest BCUT2D eigenvalue weighted by Crippen LogP contribution is -2.10. The second-order valence-corrected chi connectivity index (χ2v) is 4.36. The summed E-state index contributed by atoms with van der Waals surface area (Å²) in [4.78, 5) is 3.49. The van der Waals surface area contributed by atoms with Crippen molar-refractivity contribution < 1.29 is 8.42 Å². The average Bonchev–Trinajstić information content (AvgIpc) is 1.89. The first-order valence-corrected chi connectivity index (χ1v) is 5.09. The predicted molar refractivity (Wildman–Crippen MR) is 44.2 cm³/mol. The Bertz CT molecular complexity index is 226. The third-order valence-electron chi connectivity index (χ3n) is 1.02. The molecule has 58 valence electrons. The molecule has 3 nitrogen and oxygen atoms in total. The fraction of sp³-hybridized carbons (Fsp3) is 0.800. The molecule has 0 atom stereocenters. The summed E-state index contributed by atoms with van der Waals surface area (Å²) in [5.41, 5.74) is 0. The van der Waals surface area contributed by atoms with Gasteiger partial charge >= 0.3 is 0 Å². The van der Waals surface area contributed by atoms with Crippen molar-refractivity contribution in [1.29, 1.82) is 0 Å². The second kappa shape index (κ2) is 4.55. The number of aliphatic imine (C=N–C) groups is 1. The minimum atomic E-state index is -2.87. The number of rotatable bonds is 4. The molecule has 0 bridgehead atoms. The standard InChI is InChI=1S/C5H9NO2S2/c1-2-10(7,8)4-3-6-5-9/h2-4H2,1H3. The minimum absolute atomic E-state index is 0.0765. The number of thiocarbonyl (C=S) groups is 1. The van der Waals surface area contributed by atoms with Crippen LogP contribution in [0.1, 0.15) is 6.92 Å². The highest BCUT2D eigenvalue weighted by molar-refractivity contribution is 7.91. The summed E-state index contributed by atoms with van der Waals surface area (Å²) in [7, 11) is -2.87. The lowest BCUT2D eigenvalue weighted by atomic mass is 10.8. The van der Waals surface area contributed by atoms with Gasteiger partial charge in [0.25, 0.3) is 0 Å². The Labute approximate surface area is 66.1 Å². The van der Waals surface area contributed by atoms with E-state index in [-0.39, 0.29) is 18.1 Å². The van der Waals surface area contributed by atoms with E-state index in [1.807, 2.05) is 0 Å². The molecule has 0 N–H and O–H groups in total. The van der Waals surface area contributed by atoms with Gasteiger partial charge in [-0.05, 0) is 12.2 Å². The van der Waals surface area contributed by atoms with Crippen LogP contribution in [0.5, 0.6) is 0 Å². The van der Waals surface area contributed by atoms with Gasteiger partial charge in [-0.3, -0.25) is 0 Å². The Hall–Kier alpha value is -0.250. The van der Waals surface area contributed by atoms with Crippen molar-refractivity contribution in [1.82, 2.24) is 0 Å². The molecule has 10 heavy (non-hydrogen) atoms. The van der Waals surface area contributed by atoms with E-state index in [9.17, 15) is 8.42 Å². The maximum Gasteiger partial charge on any atom is 0.151 e. The van der Waals surface area contributed by atoms with Gasteiger partial charge in [0, 0.05) is 5.75 Å². The number of hydrogen-bond donors (Lipinski definition) is 0. The van der Waals surface area contributed by atoms with Crippen molar-refractivity contribution in [2.24, 2.45) is 4.99 Å². The molecule has 0 aliphatic carbocycles. The average molecular weight is 179 g/mol. The van der Waals surface area contributed by atoms with Crippen molar-refractivity contribution in [3.05, 3.63) is 0 Å². The summed E-state index contributed by atoms with van der Waals surface area (Å²) < 4.78 is 21.5. The Morgan fingerprint density at radius 3 is 2.60 bits per heavy atom. The molecule has 0 aromatic heterocycles. The molecule has 0 heterocycles. The summed E-state index contributed by atoms with van der Waals surface area (Å²) in [6, 6.07) is 0. The molecule has 0 aliphatic rings. The highest BCUT2D eigenvalue weighted by Gasteiger charge is 2.04. The molecule has 0 amide bonds. The molecular formula is C5H9NO2S2. The molecule has 0 radical (unpaired) electrons. The van der Waals surface area contributed by atoms with Gasteiger partial charge in [-0.25, -0.2) is 13.4 Å². The van der Waals surface area contributed by atoms with Gasteiger partial charge in [0.1, 0.15) is 0 Å². The minimum Gasteiger partial charge on any atom is -0.231 e. The van der Waals surface area contributed by atoms with Gasteiger partial charge in [0.2, 0.25) is 0 Å². The maximum atomic E-state index is 10.8. The smallest absolute Gasteiger partial charge is 0.151 e. The fourth-order valence-electron chi connectivity index (χ4n) is 0.375. The van der Waals surface area contributed by atoms with Crippen LogP contribution in [0.4, 0.5) is 0 Å². The number of nitrogens with zero attached hydrogens (tertiary/aromatic N) is 1. The quantitative estimate of drug-likeness (QED) is 0.467. The zero-order valence-corrected chi connectivity index (χ0v) is 7.33. The summed E-state index contributed by atoms with van der Waals surface area (Å²) in [6.07, 6.45) is 0. The highest BCUT2D eigenvalue weighted by atomic mass is 32.2. The maximum absolute atomic E-state index is 10.8. The van der Waals surface area contributed by atoms with Crippen LogP contribution in [0.15, 0.2) is 4.99 Å². The number of sulfone groups is 1. The first-order chi connectivity index (χ1) is 4.62. The molecule has 0 unspecified atom stereocenters. The number of isothiocyanates is 1. The molecular weight excluding hydrogens is 170 g/mol. The largest absolute Gasteiger partial charge is 0.231 e. The molecule has 0 aromatic carbocycles. The Kier molecular flexibility index (Phi) is 4.43. The van der Waals surface area contributed by atoms with Gasteiger partial charge in [-0.1, -0.05) is 6.92 Å². The predicted octanol–water partition coefficient (Wildman–Crippen LogP) is 0.524. The molecule has 5 heteroatoms. The van der Waals surface area contributed by atoms with Crippen LogP contribution in [0.2, 0.25) is 0 Å². The van der Waals surface area contributed by atoms with Crippen LogP contribution in [0.25, 0.3) is 0 Å². The van der Waals surface area contributed by atoms with E-state index >= 15 is 0 Å². The van der Waals surface area contributed by atoms with Gasteiger partial charge < -0.3 is 0 Å². The van der Waals surface area contributed by atoms with E-state index in [2.05, 4.69) is 22.4 Å². The summed E-state index contributed by atoms with van der Waals surface area (Å²) in [6.45, 7) is 1.84. The molecule has 0 spiro atoms. The van der Waals surface area contributed by atoms with Crippen LogP contribution in [-0.4, -0.2) is 31.6 Å². The van der Waals surface area contributed by atoms with Crippen molar-refractivity contribution in [2.45, 2.75) is 6.92 Å². The third kappa shape index (κ3) is 4.61. The zero-order chi connectivity index (χ0) is 8.04. The van der Waals surface area contributed by atoms with E-state index < -0.39 is 9.84 Å². The molecule has 0 saturated carbocycles. The van der Waals surface area contributed by atoms with Crippen LogP contribution in [-0.2, 0) is 9.84 Å². The summed E-state index contributed by atoms with van der Waals surface area (Å²) in [5, 5.41) is 2.11. The van der Waals surface area contributed by atoms with E-state index in [0.29, 0.717) is 0 Å². The lowest BCUT2D eigenvalue weighted by molar-refractivity contribution is 0.597. The first-order valence-electron chi connectivity index (χ1n) is 2.86. The van der Waals surface area contributed by atoms with Crippen LogP contribution in [0.3, 0.4) is 0 Å². The first kappa shape index (κ1) is 9.75. The Morgan fingerprint density at radius 1 is 1.60 bits per heavy atom. The SMILES string of the molecule is CCS(=O)(=O)CCN=C=S. The van der Waals surface area contributed by atoms with Crippen molar-refractivity contribution in [2.75, 3.05) is 18.1 Å². The van der Waals surface area contributed by atoms with Crippen molar-refractivity contribution >= 4 is 27.2 Å². The summed E-state index contributed by atoms with van der Waals surface area (Å²) in [5.74, 6) is 0.243. The summed E-state index contributed by atoms with van der Waals surface area (Å²) >= 11 is 4.27. The van der Waals surface area contributed by atoms with E-state index in [0.717, 1.165) is 0 Å². The molecule has 0 rings (SSSR count). The van der Waals surface area contributed by atoms with Gasteiger partial charge in [0.05, 0.1) is 17.5 Å². The normalized spacial score (nSPS) is 10.5. The van der Waals surface area contributed by atoms with Crippen LogP contribution >= 0.6 is 12.2 Å². The zero-order valence-electron chi connectivity index (χ0n) is 5.70. The van der Waals surface area contributed by atoms with Gasteiger partial charge in [0.15, 0.2) is 9.84 Å². The van der Waals surface area contributed by atoms with E-state index in [1.54, 1.807) is 6.92 Å². The fourth-order valence-corrected chi connectivity index (χ4v) is 1.12.